The van der Waals surface area contributed by atoms with Gasteiger partial charge in [0.15, 0.2) is 0 Å². The average molecular weight is 219 g/mol. The molecule has 0 fully saturated rings. The lowest BCUT2D eigenvalue weighted by Gasteiger charge is -2.26. The van der Waals surface area contributed by atoms with E-state index in [1.54, 1.807) is 0 Å². The summed E-state index contributed by atoms with van der Waals surface area (Å²) in [5, 5.41) is 0. The van der Waals surface area contributed by atoms with Crippen LogP contribution in [0.3, 0.4) is 0 Å². The van der Waals surface area contributed by atoms with Gasteiger partial charge in [-0.2, -0.15) is 0 Å². The Morgan fingerprint density at radius 3 is 1.25 bits per heavy atom. The molecule has 0 heterocycles. The standard InChI is InChI=1S/C3H11NO6P2/c1-3(2)4(11(5,6)7)12(8,9)10/h3H,1-2H3,(H2,5,6,7)(H2,8,9,10). The molecule has 0 bridgehead atoms. The van der Waals surface area contributed by atoms with Crippen molar-refractivity contribution >= 4 is 15.5 Å². The highest BCUT2D eigenvalue weighted by molar-refractivity contribution is 7.65. The lowest BCUT2D eigenvalue weighted by molar-refractivity contribution is 0.251. The van der Waals surface area contributed by atoms with Gasteiger partial charge in [-0.05, 0) is 13.8 Å². The molecule has 74 valence electrons. The van der Waals surface area contributed by atoms with Gasteiger partial charge in [0, 0.05) is 6.04 Å². The Labute approximate surface area is 69.4 Å². The maximum absolute atomic E-state index is 10.5. The highest BCUT2D eigenvalue weighted by Crippen LogP contribution is 2.59. The van der Waals surface area contributed by atoms with Crippen LogP contribution in [0.25, 0.3) is 0 Å². The van der Waals surface area contributed by atoms with Crippen molar-refractivity contribution in [2.75, 3.05) is 0 Å². The normalized spacial score (nSPS) is 14.3. The van der Waals surface area contributed by atoms with Gasteiger partial charge in [0.25, 0.3) is 0 Å². The van der Waals surface area contributed by atoms with Gasteiger partial charge >= 0.3 is 15.5 Å². The molecule has 0 radical (unpaired) electrons. The van der Waals surface area contributed by atoms with Crippen LogP contribution in [0, 0.1) is 0 Å². The highest BCUT2D eigenvalue weighted by Gasteiger charge is 2.41. The highest BCUT2D eigenvalue weighted by atomic mass is 31.3. The summed E-state index contributed by atoms with van der Waals surface area (Å²) in [4.78, 5) is 34.1. The fourth-order valence-electron chi connectivity index (χ4n) is 0.753. The molecule has 4 N–H and O–H groups in total. The number of rotatable bonds is 3. The third kappa shape index (κ3) is 3.33. The third-order valence-electron chi connectivity index (χ3n) is 0.996. The molecule has 0 atom stereocenters. The topological polar surface area (TPSA) is 118 Å². The number of hydrogen-bond donors (Lipinski definition) is 4. The first-order valence-corrected chi connectivity index (χ1v) is 6.11. The zero-order valence-corrected chi connectivity index (χ0v) is 8.31. The predicted molar refractivity (Wildman–Crippen MR) is 41.1 cm³/mol. The average Bonchev–Trinajstić information content (AvgIpc) is 1.49. The molecule has 0 aromatic carbocycles. The molecule has 7 nitrogen and oxygen atoms in total. The van der Waals surface area contributed by atoms with Gasteiger partial charge in [0.1, 0.15) is 0 Å². The Balaban J connectivity index is 4.97. The summed E-state index contributed by atoms with van der Waals surface area (Å²) < 4.78 is 21.0. The molecule has 0 aliphatic carbocycles. The van der Waals surface area contributed by atoms with Crippen molar-refractivity contribution in [1.29, 1.82) is 0 Å². The van der Waals surface area contributed by atoms with Crippen molar-refractivity contribution in [1.82, 2.24) is 4.44 Å². The summed E-state index contributed by atoms with van der Waals surface area (Å²) in [6.07, 6.45) is 0. The van der Waals surface area contributed by atoms with Gasteiger partial charge in [-0.25, -0.2) is 9.13 Å². The molecule has 0 amide bonds. The number of hydrogen-bond acceptors (Lipinski definition) is 2. The van der Waals surface area contributed by atoms with Gasteiger partial charge < -0.3 is 19.6 Å². The Kier molecular flexibility index (Phi) is 3.63. The van der Waals surface area contributed by atoms with Crippen LogP contribution in [-0.2, 0) is 9.13 Å². The van der Waals surface area contributed by atoms with E-state index in [1.165, 1.54) is 13.8 Å². The number of nitrogens with zero attached hydrogens (tertiary/aromatic N) is 1. The summed E-state index contributed by atoms with van der Waals surface area (Å²) in [6.45, 7) is 2.55. The minimum Gasteiger partial charge on any atom is -0.312 e. The fraction of sp³-hybridized carbons (Fsp3) is 1.00. The van der Waals surface area contributed by atoms with E-state index < -0.39 is 21.5 Å². The molecule has 12 heavy (non-hydrogen) atoms. The molecule has 0 saturated carbocycles. The summed E-state index contributed by atoms with van der Waals surface area (Å²) >= 11 is 0. The molecule has 0 aliphatic heterocycles. The van der Waals surface area contributed by atoms with Gasteiger partial charge in [-0.3, -0.25) is 0 Å². The fourth-order valence-corrected chi connectivity index (χ4v) is 3.17. The minimum absolute atomic E-state index is 0.125. The molecule has 0 aromatic rings. The summed E-state index contributed by atoms with van der Waals surface area (Å²) in [6, 6.07) is -0.924. The van der Waals surface area contributed by atoms with Crippen molar-refractivity contribution < 1.29 is 28.7 Å². The van der Waals surface area contributed by atoms with Crippen molar-refractivity contribution in [3.05, 3.63) is 0 Å². The second-order valence-corrected chi connectivity index (χ2v) is 5.67. The van der Waals surface area contributed by atoms with Crippen LogP contribution in [0.5, 0.6) is 0 Å². The molecule has 0 aromatic heterocycles. The minimum atomic E-state index is -4.88. The summed E-state index contributed by atoms with van der Waals surface area (Å²) in [5.41, 5.74) is 0. The monoisotopic (exact) mass is 219 g/mol. The van der Waals surface area contributed by atoms with Crippen LogP contribution in [0.2, 0.25) is 0 Å². The van der Waals surface area contributed by atoms with E-state index in [1.807, 2.05) is 0 Å². The van der Waals surface area contributed by atoms with Gasteiger partial charge in [-0.15, -0.1) is 4.44 Å². The Bertz CT molecular complexity index is 217. The zero-order chi connectivity index (χ0) is 10.2. The van der Waals surface area contributed by atoms with Crippen LogP contribution < -0.4 is 0 Å². The second kappa shape index (κ2) is 3.55. The van der Waals surface area contributed by atoms with E-state index in [0.29, 0.717) is 0 Å². The lowest BCUT2D eigenvalue weighted by atomic mass is 10.4. The van der Waals surface area contributed by atoms with Crippen molar-refractivity contribution in [3.63, 3.8) is 0 Å². The van der Waals surface area contributed by atoms with Gasteiger partial charge in [0.05, 0.1) is 0 Å². The summed E-state index contributed by atoms with van der Waals surface area (Å²) in [5.74, 6) is 0. The molecule has 0 aliphatic rings. The zero-order valence-electron chi connectivity index (χ0n) is 6.52. The van der Waals surface area contributed by atoms with E-state index in [-0.39, 0.29) is 4.44 Å². The largest absolute Gasteiger partial charge is 0.412 e. The Morgan fingerprint density at radius 2 is 1.25 bits per heavy atom. The van der Waals surface area contributed by atoms with Gasteiger partial charge in [0.2, 0.25) is 0 Å². The van der Waals surface area contributed by atoms with Crippen LogP contribution in [0.1, 0.15) is 13.8 Å². The van der Waals surface area contributed by atoms with Crippen molar-refractivity contribution in [3.8, 4) is 0 Å². The smallest absolute Gasteiger partial charge is 0.312 e. The molecule has 0 saturated heterocycles. The van der Waals surface area contributed by atoms with Crippen LogP contribution in [-0.4, -0.2) is 30.1 Å². The molecule has 0 spiro atoms. The van der Waals surface area contributed by atoms with E-state index in [9.17, 15) is 9.13 Å². The van der Waals surface area contributed by atoms with Crippen molar-refractivity contribution in [2.45, 2.75) is 19.9 Å². The molecular formula is C3H11NO6P2. The lowest BCUT2D eigenvalue weighted by Crippen LogP contribution is -2.24. The molecule has 0 rings (SSSR count). The SMILES string of the molecule is CC(C)N(P(=O)(O)O)P(=O)(O)O. The van der Waals surface area contributed by atoms with E-state index in [4.69, 9.17) is 19.6 Å². The molecular weight excluding hydrogens is 208 g/mol. The Hall–Kier alpha value is 0.260. The van der Waals surface area contributed by atoms with E-state index in [0.717, 1.165) is 0 Å². The van der Waals surface area contributed by atoms with Crippen LogP contribution in [0.4, 0.5) is 0 Å². The predicted octanol–water partition coefficient (Wildman–Crippen LogP) is -0.118. The van der Waals surface area contributed by atoms with E-state index in [2.05, 4.69) is 0 Å². The first-order chi connectivity index (χ1) is 5.07. The van der Waals surface area contributed by atoms with Crippen molar-refractivity contribution in [2.24, 2.45) is 0 Å². The first kappa shape index (κ1) is 12.3. The maximum atomic E-state index is 10.5. The summed E-state index contributed by atoms with van der Waals surface area (Å²) in [7, 11) is -9.77. The van der Waals surface area contributed by atoms with Gasteiger partial charge in [-0.1, -0.05) is 0 Å². The Morgan fingerprint density at radius 1 is 1.00 bits per heavy atom. The quantitative estimate of drug-likeness (QED) is 0.488. The van der Waals surface area contributed by atoms with Crippen LogP contribution in [0.15, 0.2) is 0 Å². The van der Waals surface area contributed by atoms with E-state index >= 15 is 0 Å². The maximum Gasteiger partial charge on any atom is 0.412 e. The third-order valence-corrected chi connectivity index (χ3v) is 4.39. The van der Waals surface area contributed by atoms with Crippen LogP contribution >= 0.6 is 15.5 Å². The molecule has 9 heteroatoms. The second-order valence-electron chi connectivity index (χ2n) is 2.44. The first-order valence-electron chi connectivity index (χ1n) is 2.98. The molecule has 0 unspecified atom stereocenters.